The number of benzene rings is 3. The molecular weight excluding hydrogens is 484 g/mol. The molecule has 6 N–H and O–H groups in total. The van der Waals surface area contributed by atoms with E-state index in [-0.39, 0.29) is 21.1 Å². The van der Waals surface area contributed by atoms with Crippen LogP contribution < -0.4 is 11.5 Å². The van der Waals surface area contributed by atoms with Crippen molar-refractivity contribution in [1.29, 1.82) is 0 Å². The summed E-state index contributed by atoms with van der Waals surface area (Å²) in [5.41, 5.74) is 9.81. The Morgan fingerprint density at radius 3 is 0.800 bits per heavy atom. The molecule has 0 atom stereocenters. The number of nitrogens with two attached hydrogens (primary N) is 2. The van der Waals surface area contributed by atoms with Crippen molar-refractivity contribution in [2.24, 2.45) is 11.5 Å². The van der Waals surface area contributed by atoms with Gasteiger partial charge in [-0.2, -0.15) is 0 Å². The monoisotopic (exact) mass is 510 g/mol. The summed E-state index contributed by atoms with van der Waals surface area (Å²) in [5.74, 6) is 0.644. The number of rotatable bonds is 1. The number of hydrogen-bond donors (Lipinski definition) is 4. The SMILES string of the molecule is NCCN.Oc1ccccc1.Oc1ccccc1.[W].c1ccccc1. The normalized spacial score (nSPS) is 7.92. The third-order valence-corrected chi connectivity index (χ3v) is 2.35. The minimum Gasteiger partial charge on any atom is -0.508 e. The van der Waals surface area contributed by atoms with Gasteiger partial charge in [0.15, 0.2) is 0 Å². The van der Waals surface area contributed by atoms with Gasteiger partial charge in [0.2, 0.25) is 0 Å². The van der Waals surface area contributed by atoms with Crippen LogP contribution in [0, 0.1) is 0 Å². The minimum atomic E-state index is 0. The number of para-hydroxylation sites is 2. The Labute approximate surface area is 164 Å². The Kier molecular flexibility index (Phi) is 20.0. The molecule has 0 fully saturated rings. The average molecular weight is 510 g/mol. The molecule has 0 aliphatic heterocycles. The molecule has 0 spiro atoms. The molecule has 5 heteroatoms. The van der Waals surface area contributed by atoms with Crippen LogP contribution in [0.4, 0.5) is 0 Å². The van der Waals surface area contributed by atoms with Crippen LogP contribution in [-0.2, 0) is 21.1 Å². The molecule has 3 rings (SSSR count). The largest absolute Gasteiger partial charge is 0.508 e. The Bertz CT molecular complexity index is 515. The maximum Gasteiger partial charge on any atom is 0.115 e. The van der Waals surface area contributed by atoms with Gasteiger partial charge < -0.3 is 21.7 Å². The second-order valence-corrected chi connectivity index (χ2v) is 4.40. The second-order valence-electron chi connectivity index (χ2n) is 4.40. The third kappa shape index (κ3) is 19.8. The van der Waals surface area contributed by atoms with E-state index in [1.54, 1.807) is 48.5 Å². The molecular formula is C20H26N2O2W. The van der Waals surface area contributed by atoms with Crippen LogP contribution in [0.5, 0.6) is 11.5 Å². The van der Waals surface area contributed by atoms with E-state index < -0.39 is 0 Å². The van der Waals surface area contributed by atoms with Crippen LogP contribution in [0.2, 0.25) is 0 Å². The third-order valence-electron chi connectivity index (χ3n) is 2.35. The van der Waals surface area contributed by atoms with Gasteiger partial charge in [-0.1, -0.05) is 72.8 Å². The van der Waals surface area contributed by atoms with Crippen molar-refractivity contribution >= 4 is 0 Å². The van der Waals surface area contributed by atoms with E-state index in [0.29, 0.717) is 24.6 Å². The fourth-order valence-corrected chi connectivity index (χ4v) is 1.24. The molecule has 0 saturated heterocycles. The standard InChI is InChI=1S/2C6H6O.C6H6.C2H8N2.W/c2*7-6-4-2-1-3-5-6;1-2-4-6-5-3-1;3-1-2-4;/h2*1-5,7H;1-6H;1-4H2;. The number of phenols is 2. The first-order valence-electron chi connectivity index (χ1n) is 7.59. The van der Waals surface area contributed by atoms with Crippen molar-refractivity contribution in [1.82, 2.24) is 0 Å². The summed E-state index contributed by atoms with van der Waals surface area (Å²) in [6, 6.07) is 29.4. The van der Waals surface area contributed by atoms with Gasteiger partial charge in [0.05, 0.1) is 0 Å². The number of phenolic OH excluding ortho intramolecular Hbond substituents is 2. The van der Waals surface area contributed by atoms with E-state index in [9.17, 15) is 0 Å². The van der Waals surface area contributed by atoms with E-state index in [2.05, 4.69) is 0 Å². The molecule has 0 unspecified atom stereocenters. The summed E-state index contributed by atoms with van der Waals surface area (Å²) in [6.45, 7) is 1.19. The Hall–Kier alpha value is -2.13. The summed E-state index contributed by atoms with van der Waals surface area (Å²) in [6.07, 6.45) is 0. The molecule has 0 aliphatic rings. The maximum absolute atomic E-state index is 8.63. The fourth-order valence-electron chi connectivity index (χ4n) is 1.24. The molecule has 0 amide bonds. The van der Waals surface area contributed by atoms with Crippen molar-refractivity contribution in [3.8, 4) is 11.5 Å². The Morgan fingerprint density at radius 1 is 0.480 bits per heavy atom. The molecule has 3 aromatic rings. The van der Waals surface area contributed by atoms with Gasteiger partial charge in [0.25, 0.3) is 0 Å². The van der Waals surface area contributed by atoms with Crippen LogP contribution in [0.1, 0.15) is 0 Å². The van der Waals surface area contributed by atoms with E-state index >= 15 is 0 Å². The summed E-state index contributed by atoms with van der Waals surface area (Å²) in [7, 11) is 0. The molecule has 0 radical (unpaired) electrons. The molecule has 134 valence electrons. The average Bonchev–Trinajstić information content (AvgIpc) is 2.66. The zero-order valence-electron chi connectivity index (χ0n) is 14.1. The zero-order chi connectivity index (χ0) is 17.9. The van der Waals surface area contributed by atoms with E-state index in [4.69, 9.17) is 21.7 Å². The van der Waals surface area contributed by atoms with Gasteiger partial charge in [0, 0.05) is 34.2 Å². The van der Waals surface area contributed by atoms with Gasteiger partial charge in [-0.15, -0.1) is 0 Å². The second kappa shape index (κ2) is 19.9. The Balaban J connectivity index is 0. The van der Waals surface area contributed by atoms with Crippen molar-refractivity contribution in [2.45, 2.75) is 0 Å². The van der Waals surface area contributed by atoms with E-state index in [0.717, 1.165) is 0 Å². The molecule has 0 aromatic heterocycles. The first-order chi connectivity index (χ1) is 11.7. The van der Waals surface area contributed by atoms with Crippen molar-refractivity contribution in [2.75, 3.05) is 13.1 Å². The fraction of sp³-hybridized carbons (Fsp3) is 0.100. The Morgan fingerprint density at radius 2 is 0.680 bits per heavy atom. The summed E-state index contributed by atoms with van der Waals surface area (Å²) < 4.78 is 0. The van der Waals surface area contributed by atoms with Gasteiger partial charge >= 0.3 is 0 Å². The molecule has 0 bridgehead atoms. The van der Waals surface area contributed by atoms with Crippen LogP contribution in [-0.4, -0.2) is 23.3 Å². The number of aromatic hydroxyl groups is 2. The minimum absolute atomic E-state index is 0. The smallest absolute Gasteiger partial charge is 0.115 e. The van der Waals surface area contributed by atoms with Crippen molar-refractivity contribution < 1.29 is 31.3 Å². The van der Waals surface area contributed by atoms with Crippen LogP contribution >= 0.6 is 0 Å². The summed E-state index contributed by atoms with van der Waals surface area (Å²) in [4.78, 5) is 0. The van der Waals surface area contributed by atoms with E-state index in [1.165, 1.54) is 0 Å². The molecule has 25 heavy (non-hydrogen) atoms. The predicted octanol–water partition coefficient (Wildman–Crippen LogP) is 3.37. The first kappa shape index (κ1) is 25.1. The van der Waals surface area contributed by atoms with Gasteiger partial charge in [-0.25, -0.2) is 0 Å². The topological polar surface area (TPSA) is 92.5 Å². The molecule has 3 aromatic carbocycles. The predicted molar refractivity (Wildman–Crippen MR) is 101 cm³/mol. The van der Waals surface area contributed by atoms with Crippen LogP contribution in [0.15, 0.2) is 97.1 Å². The van der Waals surface area contributed by atoms with Crippen molar-refractivity contribution in [3.05, 3.63) is 97.1 Å². The van der Waals surface area contributed by atoms with Gasteiger partial charge in [0.1, 0.15) is 11.5 Å². The molecule has 0 heterocycles. The quantitative estimate of drug-likeness (QED) is 0.404. The number of hydrogen-bond acceptors (Lipinski definition) is 4. The van der Waals surface area contributed by atoms with Gasteiger partial charge in [-0.05, 0) is 24.3 Å². The van der Waals surface area contributed by atoms with Crippen LogP contribution in [0.3, 0.4) is 0 Å². The van der Waals surface area contributed by atoms with Crippen LogP contribution in [0.25, 0.3) is 0 Å². The summed E-state index contributed by atoms with van der Waals surface area (Å²) in [5, 5.41) is 17.3. The van der Waals surface area contributed by atoms with Gasteiger partial charge in [-0.3, -0.25) is 0 Å². The first-order valence-corrected chi connectivity index (χ1v) is 7.59. The zero-order valence-corrected chi connectivity index (χ0v) is 17.0. The van der Waals surface area contributed by atoms with E-state index in [1.807, 2.05) is 48.5 Å². The molecule has 4 nitrogen and oxygen atoms in total. The summed E-state index contributed by atoms with van der Waals surface area (Å²) >= 11 is 0. The molecule has 0 saturated carbocycles. The molecule has 0 aliphatic carbocycles. The van der Waals surface area contributed by atoms with Crippen molar-refractivity contribution in [3.63, 3.8) is 0 Å². The maximum atomic E-state index is 8.63.